The zero-order chi connectivity index (χ0) is 16.9. The summed E-state index contributed by atoms with van der Waals surface area (Å²) >= 11 is 0. The second kappa shape index (κ2) is 6.66. The van der Waals surface area contributed by atoms with Gasteiger partial charge in [0.15, 0.2) is 0 Å². The van der Waals surface area contributed by atoms with Gasteiger partial charge in [-0.2, -0.15) is 0 Å². The van der Waals surface area contributed by atoms with Gasteiger partial charge in [0.1, 0.15) is 0 Å². The molecule has 1 N–H and O–H groups in total. The number of rotatable bonds is 6. The summed E-state index contributed by atoms with van der Waals surface area (Å²) in [6.07, 6.45) is 5.24. The van der Waals surface area contributed by atoms with Crippen LogP contribution in [0.1, 0.15) is 5.56 Å². The first-order valence-corrected chi connectivity index (χ1v) is 9.42. The zero-order valence-corrected chi connectivity index (χ0v) is 15.0. The first kappa shape index (κ1) is 15.3. The molecule has 0 aliphatic carbocycles. The van der Waals surface area contributed by atoms with Crippen LogP contribution in [0.5, 0.6) is 0 Å². The molecule has 0 atom stereocenters. The van der Waals surface area contributed by atoms with Crippen molar-refractivity contribution >= 4 is 6.07 Å². The van der Waals surface area contributed by atoms with E-state index in [0.717, 1.165) is 11.6 Å². The summed E-state index contributed by atoms with van der Waals surface area (Å²) in [4.78, 5) is 4.24. The molecule has 0 bridgehead atoms. The maximum absolute atomic E-state index is 14.4. The Morgan fingerprint density at radius 3 is 2.83 bits per heavy atom. The van der Waals surface area contributed by atoms with E-state index in [9.17, 15) is 8.78 Å². The molecular weight excluding hydrogens is 560 g/mol. The van der Waals surface area contributed by atoms with Gasteiger partial charge in [0, 0.05) is 0 Å². The van der Waals surface area contributed by atoms with Crippen LogP contribution in [0, 0.1) is 18.6 Å². The van der Waals surface area contributed by atoms with E-state index in [2.05, 4.69) is 15.8 Å². The molecule has 0 saturated carbocycles. The monoisotopic (exact) mass is 576 g/mol. The van der Waals surface area contributed by atoms with Crippen LogP contribution in [0.3, 0.4) is 0 Å². The van der Waals surface area contributed by atoms with Crippen molar-refractivity contribution in [2.45, 2.75) is 13.5 Å². The quantitative estimate of drug-likeness (QED) is 0.459. The summed E-state index contributed by atoms with van der Waals surface area (Å²) in [7, 11) is 0. The number of benzene rings is 1. The Balaban J connectivity index is 1.78. The standard InChI is InChI=1S/C12H8F2N.C5H8N3.Lr/c1-8-4-5-15-12(6-8)10-3-2-9(13)7-11(10)14;6-2-5-8-4-1-3-7-8;/h2,4-7H,1H3;1,3-4,6H,2,5H2;/q;-1;+1. The molecule has 3 rings (SSSR count). The van der Waals surface area contributed by atoms with E-state index in [0.29, 0.717) is 30.4 Å². The fraction of sp³-hybridized carbons (Fsp3) is 0.176. The average Bonchev–Trinajstić information content (AvgIpc) is 3.04. The SMILES string of the molecule is Cc1ccnc(-c2c(F)cc(F)c[c]2[Lr][NH]CCn2cccn2)c1. The van der Waals surface area contributed by atoms with E-state index in [1.165, 1.54) is 6.07 Å². The number of nitrogens with zero attached hydrogens (tertiary/aromatic N) is 3. The van der Waals surface area contributed by atoms with Crippen molar-refractivity contribution < 1.29 is 8.78 Å². The Labute approximate surface area is 133 Å². The Morgan fingerprint density at radius 1 is 1.21 bits per heavy atom. The van der Waals surface area contributed by atoms with Crippen LogP contribution in [0.15, 0.2) is 48.9 Å². The first-order valence-electron chi connectivity index (χ1n) is 7.27. The molecular formula is C17H16F2LrN4. The van der Waals surface area contributed by atoms with E-state index < -0.39 is 11.6 Å². The molecule has 0 fully saturated rings. The number of aromatic nitrogens is 3. The van der Waals surface area contributed by atoms with Crippen LogP contribution >= 0.6 is 0 Å². The van der Waals surface area contributed by atoms with Crippen LogP contribution in [-0.2, 0) is 6.54 Å². The molecule has 0 aliphatic rings. The van der Waals surface area contributed by atoms with Gasteiger partial charge in [-0.05, 0) is 0 Å². The number of nitrogens with one attached hydrogen (secondary N) is 1. The fourth-order valence-electron chi connectivity index (χ4n) is 2.12. The number of halogens is 2. The number of aryl methyl sites for hydroxylation is 1. The number of hydrogen-bond donors (Lipinski definition) is 1. The Kier molecular flexibility index (Phi) is 4.25. The van der Waals surface area contributed by atoms with E-state index in [1.54, 1.807) is 12.4 Å². The molecule has 0 amide bonds. The molecule has 7 heteroatoms. The van der Waals surface area contributed by atoms with Crippen LogP contribution in [0.2, 0.25) is 0 Å². The predicted octanol–water partition coefficient (Wildman–Crippen LogP) is 2.45. The van der Waals surface area contributed by atoms with Crippen LogP contribution in [0.25, 0.3) is 11.3 Å². The molecule has 2 heterocycles. The van der Waals surface area contributed by atoms with Gasteiger partial charge in [-0.25, -0.2) is 0 Å². The molecule has 0 saturated heterocycles. The molecule has 2 aromatic heterocycles. The van der Waals surface area contributed by atoms with Crippen molar-refractivity contribution in [2.75, 3.05) is 6.54 Å². The van der Waals surface area contributed by atoms with Crippen LogP contribution < -0.4 is 11.8 Å². The van der Waals surface area contributed by atoms with Crippen molar-refractivity contribution in [1.29, 1.82) is 0 Å². The molecule has 0 spiro atoms. The van der Waals surface area contributed by atoms with Crippen molar-refractivity contribution in [3.63, 3.8) is 0 Å². The van der Waals surface area contributed by atoms with Gasteiger partial charge in [-0.1, -0.05) is 0 Å². The first-order chi connectivity index (χ1) is 11.6. The molecule has 0 aliphatic heterocycles. The molecule has 1 aromatic carbocycles. The predicted molar refractivity (Wildman–Crippen MR) is 84.2 cm³/mol. The zero-order valence-electron chi connectivity index (χ0n) is 12.9. The third-order valence-corrected chi connectivity index (χ3v) is 5.56. The van der Waals surface area contributed by atoms with E-state index in [-0.39, 0.29) is 0 Å². The van der Waals surface area contributed by atoms with Gasteiger partial charge in [-0.3, -0.25) is 0 Å². The fourth-order valence-corrected chi connectivity index (χ4v) is 4.29. The summed E-state index contributed by atoms with van der Waals surface area (Å²) in [5.41, 5.74) is 5.20. The Morgan fingerprint density at radius 2 is 2.08 bits per heavy atom. The Hall–Kier alpha value is -3.60. The van der Waals surface area contributed by atoms with E-state index >= 15 is 0 Å². The molecule has 133 valence electrons. The normalized spacial score (nSPS) is 10.6. The number of hydrogen-bond acceptors (Lipinski definition) is 3. The van der Waals surface area contributed by atoms with Gasteiger partial charge in [0.25, 0.3) is 0 Å². The molecule has 3 aromatic rings. The third-order valence-electron chi connectivity index (χ3n) is 3.21. The maximum atomic E-state index is 14.4. The molecule has 24 heavy (non-hydrogen) atoms. The van der Waals surface area contributed by atoms with Crippen LogP contribution in [0.4, 0.5) is 8.78 Å². The topological polar surface area (TPSA) is 42.7 Å². The minimum absolute atomic E-state index is 0.383. The van der Waals surface area contributed by atoms with Gasteiger partial charge in [0.05, 0.1) is 0 Å². The minimum atomic E-state index is -0.628. The van der Waals surface area contributed by atoms with Crippen LogP contribution in [-0.4, -0.2) is 21.3 Å². The summed E-state index contributed by atoms with van der Waals surface area (Å²) in [6, 6.07) is 8.47. The second-order valence-electron chi connectivity index (χ2n) is 5.07. The summed E-state index contributed by atoms with van der Waals surface area (Å²) in [5.74, 6) is -1.14. The van der Waals surface area contributed by atoms with E-state index in [4.69, 9.17) is 0 Å². The summed E-state index contributed by atoms with van der Waals surface area (Å²) in [5, 5.41) is 4.12. The average molecular weight is 576 g/mol. The molecule has 4 nitrogen and oxygen atoms in total. The summed E-state index contributed by atoms with van der Waals surface area (Å²) in [6.45, 7) is 3.31. The third kappa shape index (κ3) is 3.41. The van der Waals surface area contributed by atoms with Crippen molar-refractivity contribution in [1.82, 2.24) is 20.5 Å². The van der Waals surface area contributed by atoms with Gasteiger partial charge < -0.3 is 0 Å². The van der Waals surface area contributed by atoms with Crippen molar-refractivity contribution in [3.8, 4) is 11.3 Å². The molecule has 0 unspecified atom stereocenters. The molecule has 0 radical (unpaired) electrons. The summed E-state index contributed by atoms with van der Waals surface area (Å²) < 4.78 is 29.2. The number of pyridine rings is 1. The van der Waals surface area contributed by atoms with Gasteiger partial charge in [0.2, 0.25) is 0 Å². The van der Waals surface area contributed by atoms with Gasteiger partial charge in [-0.15, -0.1) is 0 Å². The second-order valence-corrected chi connectivity index (χ2v) is 7.53. The van der Waals surface area contributed by atoms with Crippen molar-refractivity contribution in [3.05, 3.63) is 66.1 Å². The Bertz CT molecular complexity index is 821. The van der Waals surface area contributed by atoms with E-state index in [1.807, 2.05) is 36.0 Å². The van der Waals surface area contributed by atoms with Gasteiger partial charge >= 0.3 is 133 Å². The van der Waals surface area contributed by atoms with Crippen molar-refractivity contribution in [2.24, 2.45) is 0 Å².